The number of carbonyl (C=O) groups excluding carboxylic acids is 1. The predicted octanol–water partition coefficient (Wildman–Crippen LogP) is 1.31. The van der Waals surface area contributed by atoms with Crippen molar-refractivity contribution >= 4 is 5.91 Å². The number of carbonyl (C=O) groups is 1. The van der Waals surface area contributed by atoms with Gasteiger partial charge in [0, 0.05) is 24.8 Å². The van der Waals surface area contributed by atoms with Crippen LogP contribution in [0.1, 0.15) is 42.7 Å². The highest BCUT2D eigenvalue weighted by atomic mass is 16.2. The molecule has 5 heteroatoms. The molecule has 1 amide bonds. The van der Waals surface area contributed by atoms with Crippen molar-refractivity contribution in [1.29, 1.82) is 0 Å². The van der Waals surface area contributed by atoms with Gasteiger partial charge in [-0.15, -0.1) is 0 Å². The van der Waals surface area contributed by atoms with Crippen molar-refractivity contribution < 1.29 is 4.79 Å². The molecule has 0 spiro atoms. The third kappa shape index (κ3) is 3.06. The molecule has 0 unspecified atom stereocenters. The summed E-state index contributed by atoms with van der Waals surface area (Å²) >= 11 is 0. The van der Waals surface area contributed by atoms with Gasteiger partial charge in [-0.3, -0.25) is 9.89 Å². The lowest BCUT2D eigenvalue weighted by Gasteiger charge is -2.30. The summed E-state index contributed by atoms with van der Waals surface area (Å²) in [6.45, 7) is 7.11. The van der Waals surface area contributed by atoms with Crippen LogP contribution in [-0.2, 0) is 0 Å². The van der Waals surface area contributed by atoms with Gasteiger partial charge < -0.3 is 10.6 Å². The molecule has 3 N–H and O–H groups in total. The van der Waals surface area contributed by atoms with Gasteiger partial charge >= 0.3 is 0 Å². The van der Waals surface area contributed by atoms with Crippen molar-refractivity contribution in [1.82, 2.24) is 15.1 Å². The van der Waals surface area contributed by atoms with Crippen molar-refractivity contribution in [2.45, 2.75) is 39.7 Å². The standard InChI is InChI=1S/C12H22N4O/c1-4-10(5-2)16(7-6-13)12(17)11-8-14-15-9(11)3/h8,10H,4-7,13H2,1-3H3,(H,14,15). The Balaban J connectivity index is 2.91. The SMILES string of the molecule is CCC(CC)N(CCN)C(=O)c1cn[nH]c1C. The van der Waals surface area contributed by atoms with E-state index in [0.717, 1.165) is 18.5 Å². The number of aryl methyl sites for hydroxylation is 1. The van der Waals surface area contributed by atoms with Crippen LogP contribution in [0, 0.1) is 6.92 Å². The minimum Gasteiger partial charge on any atom is -0.334 e. The first kappa shape index (κ1) is 13.7. The largest absolute Gasteiger partial charge is 0.334 e. The molecule has 0 saturated carbocycles. The highest BCUT2D eigenvalue weighted by Crippen LogP contribution is 2.14. The van der Waals surface area contributed by atoms with E-state index in [4.69, 9.17) is 5.73 Å². The van der Waals surface area contributed by atoms with Crippen molar-refractivity contribution in [2.75, 3.05) is 13.1 Å². The number of nitrogens with zero attached hydrogens (tertiary/aromatic N) is 2. The number of hydrogen-bond acceptors (Lipinski definition) is 3. The molecule has 1 rings (SSSR count). The molecule has 1 aromatic rings. The molecular weight excluding hydrogens is 216 g/mol. The second-order valence-corrected chi connectivity index (χ2v) is 4.17. The zero-order valence-corrected chi connectivity index (χ0v) is 10.9. The Morgan fingerprint density at radius 1 is 1.53 bits per heavy atom. The average molecular weight is 238 g/mol. The van der Waals surface area contributed by atoms with E-state index < -0.39 is 0 Å². The van der Waals surface area contributed by atoms with Crippen LogP contribution < -0.4 is 5.73 Å². The number of H-pyrrole nitrogens is 1. The molecule has 1 heterocycles. The van der Waals surface area contributed by atoms with E-state index >= 15 is 0 Å². The van der Waals surface area contributed by atoms with Crippen LogP contribution in [0.5, 0.6) is 0 Å². The minimum absolute atomic E-state index is 0.0235. The molecule has 5 nitrogen and oxygen atoms in total. The number of hydrogen-bond donors (Lipinski definition) is 2. The quantitative estimate of drug-likeness (QED) is 0.784. The zero-order valence-electron chi connectivity index (χ0n) is 10.9. The number of rotatable bonds is 6. The topological polar surface area (TPSA) is 75.0 Å². The van der Waals surface area contributed by atoms with Gasteiger partial charge in [0.15, 0.2) is 0 Å². The molecule has 0 saturated heterocycles. The lowest BCUT2D eigenvalue weighted by atomic mass is 10.1. The van der Waals surface area contributed by atoms with Crippen LogP contribution in [0.15, 0.2) is 6.20 Å². The van der Waals surface area contributed by atoms with Crippen LogP contribution in [0.3, 0.4) is 0 Å². The lowest BCUT2D eigenvalue weighted by Crippen LogP contribution is -2.42. The maximum atomic E-state index is 12.4. The first-order chi connectivity index (χ1) is 8.15. The molecular formula is C12H22N4O. The molecule has 0 radical (unpaired) electrons. The van der Waals surface area contributed by atoms with Crippen LogP contribution in [0.25, 0.3) is 0 Å². The van der Waals surface area contributed by atoms with Crippen LogP contribution in [0.4, 0.5) is 0 Å². The van der Waals surface area contributed by atoms with Crippen molar-refractivity contribution in [3.05, 3.63) is 17.5 Å². The van der Waals surface area contributed by atoms with E-state index in [9.17, 15) is 4.79 Å². The molecule has 1 aromatic heterocycles. The third-order valence-corrected chi connectivity index (χ3v) is 3.07. The van der Waals surface area contributed by atoms with E-state index in [1.54, 1.807) is 6.20 Å². The van der Waals surface area contributed by atoms with Gasteiger partial charge in [-0.05, 0) is 19.8 Å². The summed E-state index contributed by atoms with van der Waals surface area (Å²) in [6.07, 6.45) is 3.47. The predicted molar refractivity (Wildman–Crippen MR) is 67.8 cm³/mol. The fourth-order valence-corrected chi connectivity index (χ4v) is 2.04. The molecule has 0 atom stereocenters. The summed E-state index contributed by atoms with van der Waals surface area (Å²) in [5.74, 6) is 0.0235. The first-order valence-corrected chi connectivity index (χ1v) is 6.16. The van der Waals surface area contributed by atoms with E-state index in [-0.39, 0.29) is 11.9 Å². The molecule has 0 aliphatic carbocycles. The fraction of sp³-hybridized carbons (Fsp3) is 0.667. The Hall–Kier alpha value is -1.36. The summed E-state index contributed by atoms with van der Waals surface area (Å²) < 4.78 is 0. The normalized spacial score (nSPS) is 10.9. The van der Waals surface area contributed by atoms with Gasteiger partial charge in [-0.1, -0.05) is 13.8 Å². The molecule has 0 bridgehead atoms. The fourth-order valence-electron chi connectivity index (χ4n) is 2.04. The number of aromatic amines is 1. The van der Waals surface area contributed by atoms with Crippen LogP contribution >= 0.6 is 0 Å². The van der Waals surface area contributed by atoms with E-state index in [1.807, 2.05) is 11.8 Å². The second-order valence-electron chi connectivity index (χ2n) is 4.17. The average Bonchev–Trinajstić information content (AvgIpc) is 2.75. The zero-order chi connectivity index (χ0) is 12.8. The Kier molecular flexibility index (Phi) is 5.15. The Labute approximate surface area is 102 Å². The number of nitrogens with one attached hydrogen (secondary N) is 1. The molecule has 96 valence electrons. The Morgan fingerprint density at radius 2 is 2.18 bits per heavy atom. The maximum Gasteiger partial charge on any atom is 0.257 e. The van der Waals surface area contributed by atoms with E-state index in [2.05, 4.69) is 24.0 Å². The summed E-state index contributed by atoms with van der Waals surface area (Å²) in [4.78, 5) is 14.2. The van der Waals surface area contributed by atoms with Crippen molar-refractivity contribution in [3.8, 4) is 0 Å². The smallest absolute Gasteiger partial charge is 0.257 e. The monoisotopic (exact) mass is 238 g/mol. The van der Waals surface area contributed by atoms with E-state index in [1.165, 1.54) is 0 Å². The lowest BCUT2D eigenvalue weighted by molar-refractivity contribution is 0.0673. The molecule has 0 aliphatic heterocycles. The molecule has 0 fully saturated rings. The molecule has 0 aliphatic rings. The minimum atomic E-state index is 0.0235. The molecule has 0 aromatic carbocycles. The second kappa shape index (κ2) is 6.39. The third-order valence-electron chi connectivity index (χ3n) is 3.07. The maximum absolute atomic E-state index is 12.4. The van der Waals surface area contributed by atoms with Crippen molar-refractivity contribution in [3.63, 3.8) is 0 Å². The highest BCUT2D eigenvalue weighted by molar-refractivity contribution is 5.95. The number of amides is 1. The van der Waals surface area contributed by atoms with E-state index in [0.29, 0.717) is 18.7 Å². The van der Waals surface area contributed by atoms with Gasteiger partial charge in [0.25, 0.3) is 5.91 Å². The Bertz CT molecular complexity index is 357. The van der Waals surface area contributed by atoms with Gasteiger partial charge in [-0.2, -0.15) is 5.10 Å². The first-order valence-electron chi connectivity index (χ1n) is 6.16. The number of nitrogens with two attached hydrogens (primary N) is 1. The Morgan fingerprint density at radius 3 is 2.59 bits per heavy atom. The van der Waals surface area contributed by atoms with Crippen LogP contribution in [0.2, 0.25) is 0 Å². The van der Waals surface area contributed by atoms with Gasteiger partial charge in [0.2, 0.25) is 0 Å². The van der Waals surface area contributed by atoms with Gasteiger partial charge in [0.05, 0.1) is 11.8 Å². The van der Waals surface area contributed by atoms with Gasteiger partial charge in [-0.25, -0.2) is 0 Å². The summed E-state index contributed by atoms with van der Waals surface area (Å²) in [7, 11) is 0. The van der Waals surface area contributed by atoms with Gasteiger partial charge in [0.1, 0.15) is 0 Å². The van der Waals surface area contributed by atoms with Crippen molar-refractivity contribution in [2.24, 2.45) is 5.73 Å². The van der Waals surface area contributed by atoms with Crippen LogP contribution in [-0.4, -0.2) is 40.1 Å². The molecule has 17 heavy (non-hydrogen) atoms. The highest BCUT2D eigenvalue weighted by Gasteiger charge is 2.23. The summed E-state index contributed by atoms with van der Waals surface area (Å²) in [6, 6.07) is 0.250. The number of aromatic nitrogens is 2. The summed E-state index contributed by atoms with van der Waals surface area (Å²) in [5, 5.41) is 6.69. The summed E-state index contributed by atoms with van der Waals surface area (Å²) in [5.41, 5.74) is 7.04.